The van der Waals surface area contributed by atoms with Crippen LogP contribution in [-0.2, 0) is 16.1 Å². The Morgan fingerprint density at radius 3 is 2.72 bits per heavy atom. The molecule has 0 unspecified atom stereocenters. The van der Waals surface area contributed by atoms with Gasteiger partial charge >= 0.3 is 6.61 Å². The molecular formula is C20H21F2N3O4. The number of nitrogens with zero attached hydrogens (tertiary/aromatic N) is 2. The van der Waals surface area contributed by atoms with Crippen LogP contribution in [0.5, 0.6) is 11.5 Å². The third-order valence-corrected chi connectivity index (χ3v) is 3.83. The number of aromatic nitrogens is 1. The number of carbonyl (C=O) groups excluding carboxylic acids is 2. The molecule has 0 aliphatic rings. The van der Waals surface area contributed by atoms with Crippen LogP contribution >= 0.6 is 0 Å². The van der Waals surface area contributed by atoms with Gasteiger partial charge in [-0.1, -0.05) is 18.2 Å². The molecule has 154 valence electrons. The first-order chi connectivity index (χ1) is 13.9. The zero-order valence-electron chi connectivity index (χ0n) is 16.0. The SMILES string of the molecule is COc1cccc(C=CC(=O)NCC(=O)N(C)Cc2cccnc2)c1OC(F)F. The minimum absolute atomic E-state index is 0.111. The molecule has 0 radical (unpaired) electrons. The number of carbonyl (C=O) groups is 2. The molecule has 2 amide bonds. The molecule has 0 fully saturated rings. The number of alkyl halides is 2. The second-order valence-electron chi connectivity index (χ2n) is 5.92. The molecule has 0 aliphatic heterocycles. The van der Waals surface area contributed by atoms with E-state index >= 15 is 0 Å². The Labute approximate surface area is 166 Å². The predicted molar refractivity (Wildman–Crippen MR) is 102 cm³/mol. The van der Waals surface area contributed by atoms with E-state index in [9.17, 15) is 18.4 Å². The molecule has 9 heteroatoms. The number of para-hydroxylation sites is 1. The van der Waals surface area contributed by atoms with Crippen molar-refractivity contribution in [2.45, 2.75) is 13.2 Å². The predicted octanol–water partition coefficient (Wildman–Crippen LogP) is 2.48. The van der Waals surface area contributed by atoms with Gasteiger partial charge in [0.25, 0.3) is 0 Å². The standard InChI is InChI=1S/C20H21F2N3O4/c1-25(13-14-5-4-10-23-11-14)18(27)12-24-17(26)9-8-15-6-3-7-16(28-2)19(15)29-20(21)22/h3-11,20H,12-13H2,1-2H3,(H,24,26). The van der Waals surface area contributed by atoms with E-state index in [0.717, 1.165) is 11.6 Å². The van der Waals surface area contributed by atoms with Crippen molar-refractivity contribution < 1.29 is 27.8 Å². The molecule has 0 bridgehead atoms. The summed E-state index contributed by atoms with van der Waals surface area (Å²) in [5.41, 5.74) is 1.10. The minimum atomic E-state index is -3.04. The maximum absolute atomic E-state index is 12.6. The number of pyridine rings is 1. The quantitative estimate of drug-likeness (QED) is 0.649. The zero-order valence-corrected chi connectivity index (χ0v) is 16.0. The molecule has 29 heavy (non-hydrogen) atoms. The number of benzene rings is 1. The van der Waals surface area contributed by atoms with Gasteiger partial charge < -0.3 is 19.7 Å². The molecular weight excluding hydrogens is 384 g/mol. The summed E-state index contributed by atoms with van der Waals surface area (Å²) in [6.45, 7) is -2.89. The molecule has 0 atom stereocenters. The number of amides is 2. The second kappa shape index (κ2) is 10.7. The van der Waals surface area contributed by atoms with Crippen LogP contribution in [0.15, 0.2) is 48.8 Å². The summed E-state index contributed by atoms with van der Waals surface area (Å²) in [4.78, 5) is 29.6. The first kappa shape index (κ1) is 21.8. The summed E-state index contributed by atoms with van der Waals surface area (Å²) >= 11 is 0. The van der Waals surface area contributed by atoms with Crippen LogP contribution in [0.4, 0.5) is 8.78 Å². The smallest absolute Gasteiger partial charge is 0.387 e. The Balaban J connectivity index is 1.93. The van der Waals surface area contributed by atoms with Crippen LogP contribution in [0.3, 0.4) is 0 Å². The summed E-state index contributed by atoms with van der Waals surface area (Å²) in [5.74, 6) is -0.918. The fourth-order valence-corrected chi connectivity index (χ4v) is 2.42. The second-order valence-corrected chi connectivity index (χ2v) is 5.92. The van der Waals surface area contributed by atoms with Crippen LogP contribution in [-0.4, -0.2) is 49.0 Å². The van der Waals surface area contributed by atoms with Gasteiger partial charge in [-0.25, -0.2) is 0 Å². The number of hydrogen-bond acceptors (Lipinski definition) is 5. The third-order valence-electron chi connectivity index (χ3n) is 3.83. The molecule has 1 heterocycles. The van der Waals surface area contributed by atoms with E-state index in [-0.39, 0.29) is 29.5 Å². The van der Waals surface area contributed by atoms with E-state index in [0.29, 0.717) is 6.54 Å². The highest BCUT2D eigenvalue weighted by Gasteiger charge is 2.14. The first-order valence-corrected chi connectivity index (χ1v) is 8.61. The highest BCUT2D eigenvalue weighted by Crippen LogP contribution is 2.33. The minimum Gasteiger partial charge on any atom is -0.493 e. The number of rotatable bonds is 9. The van der Waals surface area contributed by atoms with Gasteiger partial charge in [0.15, 0.2) is 11.5 Å². The van der Waals surface area contributed by atoms with Gasteiger partial charge in [0.05, 0.1) is 13.7 Å². The maximum Gasteiger partial charge on any atom is 0.387 e. The average Bonchev–Trinajstić information content (AvgIpc) is 2.71. The Hall–Kier alpha value is -3.49. The Kier molecular flexibility index (Phi) is 8.08. The van der Waals surface area contributed by atoms with E-state index in [1.54, 1.807) is 31.6 Å². The Bertz CT molecular complexity index is 860. The summed E-state index contributed by atoms with van der Waals surface area (Å²) in [7, 11) is 2.93. The highest BCUT2D eigenvalue weighted by atomic mass is 19.3. The summed E-state index contributed by atoms with van der Waals surface area (Å²) < 4.78 is 34.7. The molecule has 0 spiro atoms. The van der Waals surface area contributed by atoms with Gasteiger partial charge in [0, 0.05) is 37.6 Å². The molecule has 2 rings (SSSR count). The fourth-order valence-electron chi connectivity index (χ4n) is 2.42. The van der Waals surface area contributed by atoms with E-state index < -0.39 is 12.5 Å². The fraction of sp³-hybridized carbons (Fsp3) is 0.250. The number of hydrogen-bond donors (Lipinski definition) is 1. The molecule has 2 aromatic rings. The molecule has 0 saturated carbocycles. The topological polar surface area (TPSA) is 80.8 Å². The van der Waals surface area contributed by atoms with Gasteiger partial charge in [-0.05, 0) is 23.8 Å². The molecule has 0 aliphatic carbocycles. The van der Waals surface area contributed by atoms with Crippen LogP contribution in [0.1, 0.15) is 11.1 Å². The average molecular weight is 405 g/mol. The molecule has 1 aromatic carbocycles. The molecule has 7 nitrogen and oxygen atoms in total. The van der Waals surface area contributed by atoms with E-state index in [1.165, 1.54) is 30.2 Å². The van der Waals surface area contributed by atoms with Crippen molar-refractivity contribution in [2.75, 3.05) is 20.7 Å². The Morgan fingerprint density at radius 2 is 2.07 bits per heavy atom. The van der Waals surface area contributed by atoms with Gasteiger partial charge in [-0.2, -0.15) is 8.78 Å². The van der Waals surface area contributed by atoms with Gasteiger partial charge in [-0.3, -0.25) is 14.6 Å². The van der Waals surface area contributed by atoms with Gasteiger partial charge in [-0.15, -0.1) is 0 Å². The lowest BCUT2D eigenvalue weighted by molar-refractivity contribution is -0.131. The van der Waals surface area contributed by atoms with Crippen molar-refractivity contribution in [2.24, 2.45) is 0 Å². The van der Waals surface area contributed by atoms with E-state index in [4.69, 9.17) is 4.74 Å². The van der Waals surface area contributed by atoms with E-state index in [1.807, 2.05) is 6.07 Å². The number of nitrogens with one attached hydrogen (secondary N) is 1. The number of ether oxygens (including phenoxy) is 2. The van der Waals surface area contributed by atoms with Crippen molar-refractivity contribution in [3.8, 4) is 11.5 Å². The maximum atomic E-state index is 12.6. The van der Waals surface area contributed by atoms with Gasteiger partial charge in [0.2, 0.25) is 11.8 Å². The normalized spacial score (nSPS) is 10.8. The number of methoxy groups -OCH3 is 1. The summed E-state index contributed by atoms with van der Waals surface area (Å²) in [6, 6.07) is 8.14. The summed E-state index contributed by atoms with van der Waals surface area (Å²) in [6.07, 6.45) is 5.72. The molecule has 1 N–H and O–H groups in total. The first-order valence-electron chi connectivity index (χ1n) is 8.61. The van der Waals surface area contributed by atoms with Crippen molar-refractivity contribution in [1.29, 1.82) is 0 Å². The van der Waals surface area contributed by atoms with Gasteiger partial charge in [0.1, 0.15) is 0 Å². The number of halogens is 2. The monoisotopic (exact) mass is 405 g/mol. The number of likely N-dealkylation sites (N-methyl/N-ethyl adjacent to an activating group) is 1. The van der Waals surface area contributed by atoms with E-state index in [2.05, 4.69) is 15.0 Å². The summed E-state index contributed by atoms with van der Waals surface area (Å²) in [5, 5.41) is 2.46. The lowest BCUT2D eigenvalue weighted by Crippen LogP contribution is -2.37. The Morgan fingerprint density at radius 1 is 1.28 bits per heavy atom. The third kappa shape index (κ3) is 6.87. The largest absolute Gasteiger partial charge is 0.493 e. The van der Waals surface area contributed by atoms with Crippen LogP contribution in [0.25, 0.3) is 6.08 Å². The molecule has 1 aromatic heterocycles. The van der Waals surface area contributed by atoms with Crippen LogP contribution in [0.2, 0.25) is 0 Å². The molecule has 0 saturated heterocycles. The van der Waals surface area contributed by atoms with Crippen molar-refractivity contribution in [1.82, 2.24) is 15.2 Å². The zero-order chi connectivity index (χ0) is 21.2. The van der Waals surface area contributed by atoms with Crippen molar-refractivity contribution in [3.63, 3.8) is 0 Å². The van der Waals surface area contributed by atoms with Crippen molar-refractivity contribution >= 4 is 17.9 Å². The van der Waals surface area contributed by atoms with Crippen molar-refractivity contribution in [3.05, 3.63) is 59.9 Å². The lowest BCUT2D eigenvalue weighted by atomic mass is 10.1. The highest BCUT2D eigenvalue weighted by molar-refractivity contribution is 5.94. The lowest BCUT2D eigenvalue weighted by Gasteiger charge is -2.17. The van der Waals surface area contributed by atoms with Crippen LogP contribution < -0.4 is 14.8 Å². The van der Waals surface area contributed by atoms with Crippen LogP contribution in [0, 0.1) is 0 Å².